The SMILES string of the molecule is CCCN(CCC)C(=O)N/C=C/C(C)C. The van der Waals surface area contributed by atoms with E-state index in [-0.39, 0.29) is 6.03 Å². The highest BCUT2D eigenvalue weighted by Crippen LogP contribution is 1.96. The molecule has 0 rings (SSSR count). The summed E-state index contributed by atoms with van der Waals surface area (Å²) in [7, 11) is 0. The van der Waals surface area contributed by atoms with Crippen LogP contribution >= 0.6 is 0 Å². The van der Waals surface area contributed by atoms with Crippen molar-refractivity contribution in [3.63, 3.8) is 0 Å². The average molecular weight is 212 g/mol. The number of nitrogens with zero attached hydrogens (tertiary/aromatic N) is 1. The molecule has 0 aliphatic rings. The molecular formula is C12H24N2O. The molecule has 1 N–H and O–H groups in total. The van der Waals surface area contributed by atoms with Gasteiger partial charge in [-0.15, -0.1) is 0 Å². The average Bonchev–Trinajstić information content (AvgIpc) is 2.16. The number of nitrogens with one attached hydrogen (secondary N) is 1. The number of urea groups is 1. The molecule has 0 aromatic rings. The Morgan fingerprint density at radius 2 is 1.80 bits per heavy atom. The molecule has 0 aromatic carbocycles. The number of amides is 2. The summed E-state index contributed by atoms with van der Waals surface area (Å²) in [4.78, 5) is 13.5. The molecule has 0 unspecified atom stereocenters. The fourth-order valence-corrected chi connectivity index (χ4v) is 1.26. The Hall–Kier alpha value is -0.990. The van der Waals surface area contributed by atoms with Gasteiger partial charge in [0.15, 0.2) is 0 Å². The van der Waals surface area contributed by atoms with Gasteiger partial charge < -0.3 is 10.2 Å². The maximum absolute atomic E-state index is 11.7. The Morgan fingerprint density at radius 3 is 2.20 bits per heavy atom. The number of hydrogen-bond donors (Lipinski definition) is 1. The summed E-state index contributed by atoms with van der Waals surface area (Å²) < 4.78 is 0. The van der Waals surface area contributed by atoms with Crippen LogP contribution in [0.15, 0.2) is 12.3 Å². The van der Waals surface area contributed by atoms with E-state index in [4.69, 9.17) is 0 Å². The van der Waals surface area contributed by atoms with Crippen LogP contribution in [0.2, 0.25) is 0 Å². The lowest BCUT2D eigenvalue weighted by molar-refractivity contribution is 0.201. The van der Waals surface area contributed by atoms with Crippen molar-refractivity contribution in [3.8, 4) is 0 Å². The minimum Gasteiger partial charge on any atom is -0.325 e. The highest BCUT2D eigenvalue weighted by Gasteiger charge is 2.08. The van der Waals surface area contributed by atoms with Gasteiger partial charge in [-0.25, -0.2) is 4.79 Å². The number of rotatable bonds is 6. The number of hydrogen-bond acceptors (Lipinski definition) is 1. The van der Waals surface area contributed by atoms with E-state index in [0.29, 0.717) is 5.92 Å². The summed E-state index contributed by atoms with van der Waals surface area (Å²) in [6.07, 6.45) is 5.72. The molecule has 0 spiro atoms. The molecule has 0 atom stereocenters. The third-order valence-electron chi connectivity index (χ3n) is 1.96. The summed E-state index contributed by atoms with van der Waals surface area (Å²) in [6.45, 7) is 9.99. The molecule has 0 heterocycles. The van der Waals surface area contributed by atoms with Gasteiger partial charge in [0.25, 0.3) is 0 Å². The van der Waals surface area contributed by atoms with Gasteiger partial charge in [0.2, 0.25) is 0 Å². The van der Waals surface area contributed by atoms with Crippen molar-refractivity contribution < 1.29 is 4.79 Å². The molecule has 0 bridgehead atoms. The summed E-state index contributed by atoms with van der Waals surface area (Å²) in [5.74, 6) is 0.469. The molecule has 2 amide bonds. The lowest BCUT2D eigenvalue weighted by atomic mass is 10.2. The van der Waals surface area contributed by atoms with Crippen LogP contribution in [0.1, 0.15) is 40.5 Å². The van der Waals surface area contributed by atoms with Crippen molar-refractivity contribution in [2.45, 2.75) is 40.5 Å². The van der Waals surface area contributed by atoms with Crippen molar-refractivity contribution in [2.24, 2.45) is 5.92 Å². The minimum absolute atomic E-state index is 0.00981. The molecular weight excluding hydrogens is 188 g/mol. The Kier molecular flexibility index (Phi) is 7.78. The number of allylic oxidation sites excluding steroid dienone is 1. The first-order chi connectivity index (χ1) is 7.11. The first kappa shape index (κ1) is 14.0. The summed E-state index contributed by atoms with van der Waals surface area (Å²) in [5, 5.41) is 2.79. The Labute approximate surface area is 93.5 Å². The Bertz CT molecular complexity index is 194. The first-order valence-electron chi connectivity index (χ1n) is 5.83. The zero-order chi connectivity index (χ0) is 11.7. The molecule has 0 fully saturated rings. The summed E-state index contributed by atoms with van der Waals surface area (Å²) in [5.41, 5.74) is 0. The van der Waals surface area contributed by atoms with Gasteiger partial charge in [-0.3, -0.25) is 0 Å². The van der Waals surface area contributed by atoms with Crippen LogP contribution in [0.4, 0.5) is 4.79 Å². The van der Waals surface area contributed by atoms with Crippen molar-refractivity contribution in [1.82, 2.24) is 10.2 Å². The Morgan fingerprint density at radius 1 is 1.27 bits per heavy atom. The lowest BCUT2D eigenvalue weighted by Gasteiger charge is -2.20. The standard InChI is InChI=1S/C12H24N2O/c1-5-9-14(10-6-2)12(15)13-8-7-11(3)4/h7-8,11H,5-6,9-10H2,1-4H3,(H,13,15)/b8-7+. The third-order valence-corrected chi connectivity index (χ3v) is 1.96. The van der Waals surface area contributed by atoms with Gasteiger partial charge in [-0.1, -0.05) is 33.8 Å². The summed E-state index contributed by atoms with van der Waals surface area (Å²) in [6, 6.07) is 0.00981. The van der Waals surface area contributed by atoms with Crippen LogP contribution in [0.5, 0.6) is 0 Å². The molecule has 0 aliphatic carbocycles. The predicted molar refractivity (Wildman–Crippen MR) is 64.7 cm³/mol. The van der Waals surface area contributed by atoms with E-state index in [1.807, 2.05) is 11.0 Å². The van der Waals surface area contributed by atoms with Crippen molar-refractivity contribution in [1.29, 1.82) is 0 Å². The predicted octanol–water partition coefficient (Wildman–Crippen LogP) is 2.99. The van der Waals surface area contributed by atoms with Crippen molar-refractivity contribution in [3.05, 3.63) is 12.3 Å². The van der Waals surface area contributed by atoms with E-state index in [1.165, 1.54) is 0 Å². The van der Waals surface area contributed by atoms with E-state index < -0.39 is 0 Å². The molecule has 3 heteroatoms. The molecule has 0 saturated heterocycles. The maximum Gasteiger partial charge on any atom is 0.321 e. The zero-order valence-electron chi connectivity index (χ0n) is 10.4. The molecule has 0 saturated carbocycles. The fourth-order valence-electron chi connectivity index (χ4n) is 1.26. The third kappa shape index (κ3) is 7.00. The second kappa shape index (κ2) is 8.33. The van der Waals surface area contributed by atoms with Gasteiger partial charge in [0.1, 0.15) is 0 Å². The molecule has 0 radical (unpaired) electrons. The number of carbonyl (C=O) groups is 1. The van der Waals surface area contributed by atoms with E-state index in [2.05, 4.69) is 33.0 Å². The van der Waals surface area contributed by atoms with Gasteiger partial charge in [-0.2, -0.15) is 0 Å². The van der Waals surface area contributed by atoms with Crippen molar-refractivity contribution >= 4 is 6.03 Å². The second-order valence-corrected chi connectivity index (χ2v) is 4.04. The number of carbonyl (C=O) groups excluding carboxylic acids is 1. The van der Waals surface area contributed by atoms with Gasteiger partial charge in [-0.05, 0) is 18.8 Å². The highest BCUT2D eigenvalue weighted by atomic mass is 16.2. The topological polar surface area (TPSA) is 32.3 Å². The van der Waals surface area contributed by atoms with E-state index in [9.17, 15) is 4.79 Å². The molecule has 0 aromatic heterocycles. The van der Waals surface area contributed by atoms with E-state index >= 15 is 0 Å². The summed E-state index contributed by atoms with van der Waals surface area (Å²) >= 11 is 0. The van der Waals surface area contributed by atoms with Crippen LogP contribution in [0, 0.1) is 5.92 Å². The monoisotopic (exact) mass is 212 g/mol. The molecule has 88 valence electrons. The van der Waals surface area contributed by atoms with Gasteiger partial charge >= 0.3 is 6.03 Å². The molecule has 3 nitrogen and oxygen atoms in total. The van der Waals surface area contributed by atoms with E-state index in [1.54, 1.807) is 6.20 Å². The molecule has 15 heavy (non-hydrogen) atoms. The zero-order valence-corrected chi connectivity index (χ0v) is 10.4. The van der Waals surface area contributed by atoms with E-state index in [0.717, 1.165) is 25.9 Å². The van der Waals surface area contributed by atoms with Crippen LogP contribution in [0.3, 0.4) is 0 Å². The first-order valence-corrected chi connectivity index (χ1v) is 5.83. The van der Waals surface area contributed by atoms with Crippen molar-refractivity contribution in [2.75, 3.05) is 13.1 Å². The van der Waals surface area contributed by atoms with Crippen LogP contribution < -0.4 is 5.32 Å². The second-order valence-electron chi connectivity index (χ2n) is 4.04. The lowest BCUT2D eigenvalue weighted by Crippen LogP contribution is -2.38. The Balaban J connectivity index is 4.01. The minimum atomic E-state index is 0.00981. The molecule has 0 aliphatic heterocycles. The van der Waals surface area contributed by atoms with Gasteiger partial charge in [0.05, 0.1) is 0 Å². The van der Waals surface area contributed by atoms with Crippen LogP contribution in [0.25, 0.3) is 0 Å². The smallest absolute Gasteiger partial charge is 0.321 e. The maximum atomic E-state index is 11.7. The normalized spacial score (nSPS) is 11.0. The van der Waals surface area contributed by atoms with Gasteiger partial charge in [0, 0.05) is 19.3 Å². The highest BCUT2D eigenvalue weighted by molar-refractivity contribution is 5.75. The quantitative estimate of drug-likeness (QED) is 0.721. The largest absolute Gasteiger partial charge is 0.325 e. The van der Waals surface area contributed by atoms with Crippen LogP contribution in [-0.2, 0) is 0 Å². The van der Waals surface area contributed by atoms with Crippen LogP contribution in [-0.4, -0.2) is 24.0 Å². The fraction of sp³-hybridized carbons (Fsp3) is 0.750.